The largest absolute Gasteiger partial charge is 0.493 e. The van der Waals surface area contributed by atoms with Crippen LogP contribution < -0.4 is 10.1 Å². The Hall–Kier alpha value is -2.30. The normalized spacial score (nSPS) is 17.1. The molecule has 1 amide bonds. The molecular weight excluding hydrogens is 314 g/mol. The monoisotopic (exact) mass is 341 g/mol. The van der Waals surface area contributed by atoms with Crippen molar-refractivity contribution in [2.75, 3.05) is 11.9 Å². The van der Waals surface area contributed by atoms with Gasteiger partial charge in [0.15, 0.2) is 0 Å². The quantitative estimate of drug-likeness (QED) is 0.765. The van der Waals surface area contributed by atoms with Crippen molar-refractivity contribution in [2.45, 2.75) is 51.4 Å². The summed E-state index contributed by atoms with van der Waals surface area (Å²) in [6.07, 6.45) is 10.3. The summed E-state index contributed by atoms with van der Waals surface area (Å²) in [5, 5.41) is 2.93. The average Bonchev–Trinajstić information content (AvgIpc) is 2.97. The minimum absolute atomic E-state index is 0.0362. The Labute approximate surface area is 149 Å². The van der Waals surface area contributed by atoms with Crippen molar-refractivity contribution in [3.8, 4) is 17.0 Å². The zero-order chi connectivity index (χ0) is 17.5. The molecule has 0 aliphatic carbocycles. The Balaban J connectivity index is 1.83. The van der Waals surface area contributed by atoms with Crippen molar-refractivity contribution in [3.05, 3.63) is 30.5 Å². The highest BCUT2D eigenvalue weighted by Crippen LogP contribution is 2.31. The van der Waals surface area contributed by atoms with Crippen LogP contribution in [0.5, 0.6) is 5.75 Å². The van der Waals surface area contributed by atoms with E-state index in [0.29, 0.717) is 12.4 Å². The summed E-state index contributed by atoms with van der Waals surface area (Å²) in [7, 11) is 1.92. The number of benzene rings is 1. The summed E-state index contributed by atoms with van der Waals surface area (Å²) in [6.45, 7) is 0.735. The van der Waals surface area contributed by atoms with Crippen molar-refractivity contribution in [3.63, 3.8) is 0 Å². The molecule has 0 unspecified atom stereocenters. The van der Waals surface area contributed by atoms with E-state index >= 15 is 0 Å². The molecule has 1 aromatic heterocycles. The van der Waals surface area contributed by atoms with E-state index in [1.54, 1.807) is 6.20 Å². The van der Waals surface area contributed by atoms with Gasteiger partial charge in [-0.1, -0.05) is 44.2 Å². The number of carbonyl (C=O) groups is 1. The summed E-state index contributed by atoms with van der Waals surface area (Å²) in [5.74, 6) is 1.49. The van der Waals surface area contributed by atoms with Crippen molar-refractivity contribution < 1.29 is 9.53 Å². The zero-order valence-electron chi connectivity index (χ0n) is 15.0. The number of nitrogens with one attached hydrogen (secondary N) is 1. The van der Waals surface area contributed by atoms with Crippen LogP contribution in [0.4, 0.5) is 5.95 Å². The number of fused-ring (bicyclic) bond motifs is 4. The first-order valence-corrected chi connectivity index (χ1v) is 9.29. The predicted octanol–water partition coefficient (Wildman–Crippen LogP) is 4.54. The van der Waals surface area contributed by atoms with Gasteiger partial charge in [-0.2, -0.15) is 0 Å². The third-order valence-corrected chi connectivity index (χ3v) is 4.71. The number of rotatable bonds is 0. The first-order chi connectivity index (χ1) is 12.3. The lowest BCUT2D eigenvalue weighted by Crippen LogP contribution is -2.14. The van der Waals surface area contributed by atoms with Crippen molar-refractivity contribution in [1.82, 2.24) is 9.55 Å². The minimum Gasteiger partial charge on any atom is -0.493 e. The van der Waals surface area contributed by atoms with Gasteiger partial charge in [-0.25, -0.2) is 4.98 Å². The van der Waals surface area contributed by atoms with Crippen LogP contribution in [-0.2, 0) is 11.8 Å². The number of aromatic nitrogens is 2. The lowest BCUT2D eigenvalue weighted by Gasteiger charge is -2.12. The fraction of sp³-hybridized carbons (Fsp3) is 0.500. The lowest BCUT2D eigenvalue weighted by atomic mass is 10.1. The Bertz CT molecular complexity index is 709. The summed E-state index contributed by atoms with van der Waals surface area (Å²) in [4.78, 5) is 16.5. The fourth-order valence-corrected chi connectivity index (χ4v) is 3.22. The molecule has 1 aromatic carbocycles. The fourth-order valence-electron chi connectivity index (χ4n) is 3.22. The molecule has 0 fully saturated rings. The SMILES string of the molecule is Cn1c2cnc1NC(=O)CCCCCCCCCOc1ccccc1-2. The molecule has 1 aliphatic heterocycles. The van der Waals surface area contributed by atoms with E-state index in [9.17, 15) is 4.79 Å². The molecule has 1 aliphatic rings. The van der Waals surface area contributed by atoms with Gasteiger partial charge < -0.3 is 9.30 Å². The smallest absolute Gasteiger partial charge is 0.226 e. The van der Waals surface area contributed by atoms with Crippen LogP contribution >= 0.6 is 0 Å². The molecule has 3 rings (SSSR count). The number of nitrogens with zero attached hydrogens (tertiary/aromatic N) is 2. The standard InChI is InChI=1S/C20H27N3O2/c1-23-17-15-21-20(23)22-19(24)13-7-5-3-2-4-6-10-14-25-18-12-9-8-11-16(17)18/h8-9,11-12,15H,2-7,10,13-14H2,1H3,(H,21,22,24). The molecule has 2 heterocycles. The number of ether oxygens (including phenoxy) is 1. The average molecular weight is 341 g/mol. The van der Waals surface area contributed by atoms with E-state index in [0.717, 1.165) is 42.9 Å². The van der Waals surface area contributed by atoms with Crippen molar-refractivity contribution in [2.24, 2.45) is 7.05 Å². The third kappa shape index (κ3) is 4.62. The van der Waals surface area contributed by atoms with E-state index < -0.39 is 0 Å². The molecule has 1 N–H and O–H groups in total. The third-order valence-electron chi connectivity index (χ3n) is 4.71. The van der Waals surface area contributed by atoms with Gasteiger partial charge in [0.05, 0.1) is 18.5 Å². The van der Waals surface area contributed by atoms with Crippen LogP contribution in [0.2, 0.25) is 0 Å². The second-order valence-electron chi connectivity index (χ2n) is 6.64. The molecule has 5 heteroatoms. The van der Waals surface area contributed by atoms with Crippen LogP contribution in [0.1, 0.15) is 51.4 Å². The summed E-state index contributed by atoms with van der Waals surface area (Å²) in [5.41, 5.74) is 1.94. The van der Waals surface area contributed by atoms with Crippen molar-refractivity contribution in [1.29, 1.82) is 0 Å². The van der Waals surface area contributed by atoms with E-state index in [4.69, 9.17) is 4.74 Å². The Morgan fingerprint density at radius 1 is 1.04 bits per heavy atom. The minimum atomic E-state index is 0.0362. The summed E-state index contributed by atoms with van der Waals surface area (Å²) in [6, 6.07) is 8.01. The van der Waals surface area contributed by atoms with E-state index in [1.807, 2.05) is 35.9 Å². The number of anilines is 1. The maximum Gasteiger partial charge on any atom is 0.226 e. The van der Waals surface area contributed by atoms with E-state index in [2.05, 4.69) is 10.3 Å². The second kappa shape index (κ2) is 8.70. The van der Waals surface area contributed by atoms with Crippen LogP contribution in [0.15, 0.2) is 30.5 Å². The first kappa shape index (κ1) is 17.5. The topological polar surface area (TPSA) is 56.2 Å². The maximum absolute atomic E-state index is 12.1. The lowest BCUT2D eigenvalue weighted by molar-refractivity contribution is -0.116. The molecule has 5 nitrogen and oxygen atoms in total. The van der Waals surface area contributed by atoms with Gasteiger partial charge in [0.1, 0.15) is 5.75 Å². The number of amides is 1. The van der Waals surface area contributed by atoms with Gasteiger partial charge >= 0.3 is 0 Å². The first-order valence-electron chi connectivity index (χ1n) is 9.29. The second-order valence-corrected chi connectivity index (χ2v) is 6.64. The summed E-state index contributed by atoms with van der Waals surface area (Å²) < 4.78 is 7.94. The maximum atomic E-state index is 12.1. The van der Waals surface area contributed by atoms with Crippen molar-refractivity contribution >= 4 is 11.9 Å². The number of hydrogen-bond donors (Lipinski definition) is 1. The molecule has 0 saturated heterocycles. The molecular formula is C20H27N3O2. The molecule has 0 atom stereocenters. The van der Waals surface area contributed by atoms with Gasteiger partial charge in [-0.05, 0) is 25.0 Å². The molecule has 0 spiro atoms. The van der Waals surface area contributed by atoms with Crippen LogP contribution in [0.3, 0.4) is 0 Å². The molecule has 25 heavy (non-hydrogen) atoms. The van der Waals surface area contributed by atoms with Crippen LogP contribution in [0, 0.1) is 0 Å². The summed E-state index contributed by atoms with van der Waals surface area (Å²) >= 11 is 0. The number of carbonyl (C=O) groups excluding carboxylic acids is 1. The molecule has 0 saturated carbocycles. The van der Waals surface area contributed by atoms with Gasteiger partial charge in [0, 0.05) is 19.0 Å². The highest BCUT2D eigenvalue weighted by Gasteiger charge is 2.14. The molecule has 2 aromatic rings. The van der Waals surface area contributed by atoms with Crippen LogP contribution in [-0.4, -0.2) is 22.1 Å². The van der Waals surface area contributed by atoms with Crippen LogP contribution in [0.25, 0.3) is 11.3 Å². The van der Waals surface area contributed by atoms with Gasteiger partial charge in [0.25, 0.3) is 0 Å². The molecule has 0 radical (unpaired) electrons. The highest BCUT2D eigenvalue weighted by atomic mass is 16.5. The van der Waals surface area contributed by atoms with E-state index in [-0.39, 0.29) is 5.91 Å². The Morgan fingerprint density at radius 3 is 2.60 bits per heavy atom. The zero-order valence-corrected chi connectivity index (χ0v) is 15.0. The molecule has 2 bridgehead atoms. The highest BCUT2D eigenvalue weighted by molar-refractivity contribution is 5.89. The number of hydrogen-bond acceptors (Lipinski definition) is 3. The predicted molar refractivity (Wildman–Crippen MR) is 99.7 cm³/mol. The van der Waals surface area contributed by atoms with E-state index in [1.165, 1.54) is 25.7 Å². The van der Waals surface area contributed by atoms with Gasteiger partial charge in [-0.15, -0.1) is 0 Å². The van der Waals surface area contributed by atoms with Gasteiger partial charge in [-0.3, -0.25) is 10.1 Å². The Morgan fingerprint density at radius 2 is 1.76 bits per heavy atom. The number of para-hydroxylation sites is 1. The Kier molecular flexibility index (Phi) is 6.09. The number of imidazole rings is 1. The van der Waals surface area contributed by atoms with Gasteiger partial charge in [0.2, 0.25) is 11.9 Å². The molecule has 134 valence electrons.